The lowest BCUT2D eigenvalue weighted by atomic mass is 10.0. The molecule has 1 heterocycles. The van der Waals surface area contributed by atoms with E-state index in [9.17, 15) is 5.11 Å². The molecule has 4 rings (SSSR count). The average molecular weight is 298 g/mol. The average Bonchev–Trinajstić information content (AvgIpc) is 2.62. The minimum Gasteiger partial charge on any atom is -0.508 e. The van der Waals surface area contributed by atoms with Crippen LogP contribution in [0.4, 0.5) is 0 Å². The molecule has 0 fully saturated rings. The summed E-state index contributed by atoms with van der Waals surface area (Å²) in [5, 5.41) is 9.37. The number of hydrogen-bond donors (Lipinski definition) is 1. The second-order valence-corrected chi connectivity index (χ2v) is 5.37. The molecule has 0 radical (unpaired) electrons. The van der Waals surface area contributed by atoms with Crippen LogP contribution in [0.1, 0.15) is 0 Å². The van der Waals surface area contributed by atoms with Gasteiger partial charge in [-0.3, -0.25) is 4.98 Å². The molecule has 0 amide bonds. The second kappa shape index (κ2) is 5.54. The first kappa shape index (κ1) is 13.5. The van der Waals surface area contributed by atoms with Crippen LogP contribution in [0.5, 0.6) is 5.75 Å². The van der Waals surface area contributed by atoms with E-state index in [1.165, 1.54) is 0 Å². The molecule has 0 unspecified atom stereocenters. The van der Waals surface area contributed by atoms with Gasteiger partial charge in [-0.2, -0.15) is 0 Å². The van der Waals surface area contributed by atoms with E-state index in [0.717, 1.165) is 33.4 Å². The van der Waals surface area contributed by atoms with Crippen LogP contribution in [-0.2, 0) is 0 Å². The third-order valence-corrected chi connectivity index (χ3v) is 3.83. The number of rotatable bonds is 2. The van der Waals surface area contributed by atoms with Crippen molar-refractivity contribution in [3.63, 3.8) is 0 Å². The zero-order chi connectivity index (χ0) is 15.6. The molecule has 0 spiro atoms. The summed E-state index contributed by atoms with van der Waals surface area (Å²) in [6.45, 7) is 0. The van der Waals surface area contributed by atoms with Gasteiger partial charge in [0.15, 0.2) is 0 Å². The maximum atomic E-state index is 9.37. The van der Waals surface area contributed by atoms with Gasteiger partial charge in [0.1, 0.15) is 5.75 Å². The van der Waals surface area contributed by atoms with Crippen LogP contribution in [0.15, 0.2) is 79.0 Å². The SMILES string of the molecule is Oc1ccc(-c2ccc(-c3cnc4ccccc4n3)cc2)cc1. The first-order chi connectivity index (χ1) is 11.3. The van der Waals surface area contributed by atoms with Crippen molar-refractivity contribution < 1.29 is 5.11 Å². The van der Waals surface area contributed by atoms with Gasteiger partial charge in [0.2, 0.25) is 0 Å². The highest BCUT2D eigenvalue weighted by Gasteiger charge is 2.04. The van der Waals surface area contributed by atoms with Crippen molar-refractivity contribution in [1.29, 1.82) is 0 Å². The monoisotopic (exact) mass is 298 g/mol. The first-order valence-corrected chi connectivity index (χ1v) is 7.41. The fraction of sp³-hybridized carbons (Fsp3) is 0. The van der Waals surface area contributed by atoms with Crippen molar-refractivity contribution in [3.05, 3.63) is 79.0 Å². The van der Waals surface area contributed by atoms with E-state index < -0.39 is 0 Å². The quantitative estimate of drug-likeness (QED) is 0.585. The van der Waals surface area contributed by atoms with E-state index >= 15 is 0 Å². The van der Waals surface area contributed by atoms with Gasteiger partial charge in [0.05, 0.1) is 22.9 Å². The second-order valence-electron chi connectivity index (χ2n) is 5.37. The smallest absolute Gasteiger partial charge is 0.115 e. The number of aromatic nitrogens is 2. The zero-order valence-electron chi connectivity index (χ0n) is 12.3. The van der Waals surface area contributed by atoms with Crippen molar-refractivity contribution in [1.82, 2.24) is 9.97 Å². The van der Waals surface area contributed by atoms with Crippen LogP contribution in [0, 0.1) is 0 Å². The predicted molar refractivity (Wildman–Crippen MR) is 92.1 cm³/mol. The summed E-state index contributed by atoms with van der Waals surface area (Å²) in [7, 11) is 0. The lowest BCUT2D eigenvalue weighted by molar-refractivity contribution is 0.475. The summed E-state index contributed by atoms with van der Waals surface area (Å²) >= 11 is 0. The molecular weight excluding hydrogens is 284 g/mol. The van der Waals surface area contributed by atoms with Gasteiger partial charge in [-0.25, -0.2) is 4.98 Å². The van der Waals surface area contributed by atoms with Gasteiger partial charge in [-0.15, -0.1) is 0 Å². The fourth-order valence-corrected chi connectivity index (χ4v) is 2.58. The third kappa shape index (κ3) is 2.64. The summed E-state index contributed by atoms with van der Waals surface area (Å²) in [5.74, 6) is 0.275. The maximum absolute atomic E-state index is 9.37. The Labute approximate surface area is 133 Å². The molecule has 0 aliphatic heterocycles. The van der Waals surface area contributed by atoms with Crippen LogP contribution < -0.4 is 0 Å². The molecule has 3 aromatic carbocycles. The molecule has 110 valence electrons. The minimum atomic E-state index is 0.275. The molecule has 23 heavy (non-hydrogen) atoms. The molecule has 1 N–H and O–H groups in total. The lowest BCUT2D eigenvalue weighted by Crippen LogP contribution is -1.88. The Bertz CT molecular complexity index is 961. The Kier molecular flexibility index (Phi) is 3.24. The molecule has 0 atom stereocenters. The molecule has 4 aromatic rings. The normalized spacial score (nSPS) is 10.8. The Balaban J connectivity index is 1.70. The van der Waals surface area contributed by atoms with Crippen LogP contribution in [0.25, 0.3) is 33.4 Å². The van der Waals surface area contributed by atoms with Gasteiger partial charge in [0.25, 0.3) is 0 Å². The fourth-order valence-electron chi connectivity index (χ4n) is 2.58. The zero-order valence-corrected chi connectivity index (χ0v) is 12.3. The van der Waals surface area contributed by atoms with Gasteiger partial charge < -0.3 is 5.11 Å². The van der Waals surface area contributed by atoms with Crippen molar-refractivity contribution in [2.45, 2.75) is 0 Å². The molecule has 0 aliphatic carbocycles. The van der Waals surface area contributed by atoms with E-state index in [-0.39, 0.29) is 5.75 Å². The largest absolute Gasteiger partial charge is 0.508 e. The van der Waals surface area contributed by atoms with Crippen molar-refractivity contribution in [2.24, 2.45) is 0 Å². The van der Waals surface area contributed by atoms with Crippen LogP contribution >= 0.6 is 0 Å². The summed E-state index contributed by atoms with van der Waals surface area (Å²) in [6.07, 6.45) is 1.80. The Morgan fingerprint density at radius 2 is 1.17 bits per heavy atom. The number of aromatic hydroxyl groups is 1. The molecule has 3 nitrogen and oxygen atoms in total. The van der Waals surface area contributed by atoms with Gasteiger partial charge >= 0.3 is 0 Å². The lowest BCUT2D eigenvalue weighted by Gasteiger charge is -2.05. The number of para-hydroxylation sites is 2. The van der Waals surface area contributed by atoms with E-state index in [0.29, 0.717) is 0 Å². The van der Waals surface area contributed by atoms with Crippen LogP contribution in [0.3, 0.4) is 0 Å². The predicted octanol–water partition coefficient (Wildman–Crippen LogP) is 4.67. The molecule has 0 saturated heterocycles. The number of phenols is 1. The molecule has 3 heteroatoms. The highest BCUT2D eigenvalue weighted by Crippen LogP contribution is 2.25. The molecule has 0 saturated carbocycles. The number of hydrogen-bond acceptors (Lipinski definition) is 3. The number of nitrogens with zero attached hydrogens (tertiary/aromatic N) is 2. The molecule has 1 aromatic heterocycles. The first-order valence-electron chi connectivity index (χ1n) is 7.41. The number of fused-ring (bicyclic) bond motifs is 1. The van der Waals surface area contributed by atoms with Crippen molar-refractivity contribution in [3.8, 4) is 28.1 Å². The Morgan fingerprint density at radius 3 is 1.87 bits per heavy atom. The van der Waals surface area contributed by atoms with Gasteiger partial charge in [0, 0.05) is 5.56 Å². The van der Waals surface area contributed by atoms with E-state index in [1.807, 2.05) is 48.5 Å². The Hall–Kier alpha value is -3.20. The molecule has 0 aliphatic rings. The summed E-state index contributed by atoms with van der Waals surface area (Å²) in [5.41, 5.74) is 5.86. The summed E-state index contributed by atoms with van der Waals surface area (Å²) in [4.78, 5) is 9.12. The maximum Gasteiger partial charge on any atom is 0.115 e. The van der Waals surface area contributed by atoms with Gasteiger partial charge in [-0.1, -0.05) is 48.5 Å². The van der Waals surface area contributed by atoms with Crippen molar-refractivity contribution >= 4 is 11.0 Å². The highest BCUT2D eigenvalue weighted by molar-refractivity contribution is 5.77. The molecule has 0 bridgehead atoms. The summed E-state index contributed by atoms with van der Waals surface area (Å²) < 4.78 is 0. The van der Waals surface area contributed by atoms with E-state index in [2.05, 4.69) is 22.1 Å². The topological polar surface area (TPSA) is 46.0 Å². The highest BCUT2D eigenvalue weighted by atomic mass is 16.3. The Morgan fingerprint density at radius 1 is 0.609 bits per heavy atom. The van der Waals surface area contributed by atoms with E-state index in [1.54, 1.807) is 18.3 Å². The van der Waals surface area contributed by atoms with Crippen LogP contribution in [-0.4, -0.2) is 15.1 Å². The third-order valence-electron chi connectivity index (χ3n) is 3.83. The number of benzene rings is 3. The van der Waals surface area contributed by atoms with Crippen molar-refractivity contribution in [2.75, 3.05) is 0 Å². The van der Waals surface area contributed by atoms with Crippen LogP contribution in [0.2, 0.25) is 0 Å². The summed E-state index contributed by atoms with van der Waals surface area (Å²) in [6, 6.07) is 23.2. The van der Waals surface area contributed by atoms with Gasteiger partial charge in [-0.05, 0) is 35.4 Å². The standard InChI is InChI=1S/C20H14N2O/c23-17-11-9-15(10-12-17)14-5-7-16(8-6-14)20-13-21-18-3-1-2-4-19(18)22-20/h1-13,23H. The number of phenolic OH excluding ortho intramolecular Hbond substituents is 1. The molecular formula is C20H14N2O. The minimum absolute atomic E-state index is 0.275. The van der Waals surface area contributed by atoms with E-state index in [4.69, 9.17) is 0 Å².